The number of anilines is 2. The second-order valence-electron chi connectivity index (χ2n) is 7.46. The van der Waals surface area contributed by atoms with Crippen molar-refractivity contribution in [1.82, 2.24) is 4.90 Å². The van der Waals surface area contributed by atoms with E-state index in [9.17, 15) is 13.6 Å². The lowest BCUT2D eigenvalue weighted by Gasteiger charge is -2.33. The normalized spacial score (nSPS) is 15.1. The van der Waals surface area contributed by atoms with E-state index in [1.807, 2.05) is 4.90 Å². The summed E-state index contributed by atoms with van der Waals surface area (Å²) in [5.74, 6) is -1.56. The molecule has 1 amide bonds. The molecular weight excluding hydrogens is 465 g/mol. The highest BCUT2D eigenvalue weighted by atomic mass is 35.5. The minimum absolute atomic E-state index is 0.0937. The molecule has 2 aromatic carbocycles. The predicted molar refractivity (Wildman–Crippen MR) is 127 cm³/mol. The Labute approximate surface area is 196 Å². The Hall–Kier alpha value is -1.74. The average Bonchev–Trinajstić information content (AvgIpc) is 2.75. The number of halogens is 4. The van der Waals surface area contributed by atoms with Crippen LogP contribution in [0.3, 0.4) is 0 Å². The summed E-state index contributed by atoms with van der Waals surface area (Å²) in [5.41, 5.74) is 6.77. The van der Waals surface area contributed by atoms with Crippen molar-refractivity contribution < 1.29 is 13.6 Å². The summed E-state index contributed by atoms with van der Waals surface area (Å²) in [6.07, 6.45) is 1.86. The lowest BCUT2D eigenvalue weighted by atomic mass is 9.93. The average molecular weight is 491 g/mol. The van der Waals surface area contributed by atoms with Gasteiger partial charge in [0.05, 0.1) is 27.3 Å². The number of likely N-dealkylation sites (tertiary alicyclic amines) is 1. The number of benzene rings is 2. The molecule has 1 fully saturated rings. The van der Waals surface area contributed by atoms with Crippen molar-refractivity contribution in [1.29, 1.82) is 0 Å². The summed E-state index contributed by atoms with van der Waals surface area (Å²) in [4.78, 5) is 15.1. The molecule has 10 heteroatoms. The fourth-order valence-corrected chi connectivity index (χ4v) is 3.95. The smallest absolute Gasteiger partial charge is 0.231 e. The lowest BCUT2D eigenvalue weighted by Crippen LogP contribution is -2.42. The molecule has 3 rings (SSSR count). The van der Waals surface area contributed by atoms with E-state index in [0.29, 0.717) is 24.6 Å². The first kappa shape index (κ1) is 25.5. The number of hydrogen-bond acceptors (Lipinski definition) is 5. The van der Waals surface area contributed by atoms with Crippen molar-refractivity contribution in [3.63, 3.8) is 0 Å². The molecule has 1 saturated heterocycles. The van der Waals surface area contributed by atoms with Crippen LogP contribution in [0.4, 0.5) is 20.2 Å². The minimum Gasteiger partial charge on any atom is -0.396 e. The molecule has 1 aliphatic rings. The third-order valence-corrected chi connectivity index (χ3v) is 5.95. The Kier molecular flexibility index (Phi) is 9.68. The third-order valence-electron chi connectivity index (χ3n) is 5.32. The number of nitrogens with two attached hydrogens (primary N) is 2. The predicted octanol–water partition coefficient (Wildman–Crippen LogP) is 5.10. The van der Waals surface area contributed by atoms with E-state index in [4.69, 9.17) is 28.9 Å². The molecular formula is C21H26Cl2F2N4OS. The molecule has 2 aromatic rings. The Bertz CT molecular complexity index is 888. The number of carbonyl (C=O) groups is 1. The molecule has 1 aliphatic heterocycles. The quantitative estimate of drug-likeness (QED) is 0.347. The Morgan fingerprint density at radius 1 is 1.19 bits per heavy atom. The maximum absolute atomic E-state index is 14.0. The van der Waals surface area contributed by atoms with Crippen LogP contribution in [0.2, 0.25) is 10.0 Å². The summed E-state index contributed by atoms with van der Waals surface area (Å²) in [6, 6.07) is 6.48. The number of nitrogens with one attached hydrogen (secondary N) is 1. The highest BCUT2D eigenvalue weighted by molar-refractivity contribution is 7.77. The van der Waals surface area contributed by atoms with Gasteiger partial charge in [0.25, 0.3) is 0 Å². The highest BCUT2D eigenvalue weighted by Crippen LogP contribution is 2.33. The second kappa shape index (κ2) is 11.8. The van der Waals surface area contributed by atoms with Gasteiger partial charge < -0.3 is 16.0 Å². The molecule has 0 spiro atoms. The molecule has 0 bridgehead atoms. The zero-order valence-corrected chi connectivity index (χ0v) is 19.5. The lowest BCUT2D eigenvalue weighted by molar-refractivity contribution is -0.133. The number of nitrogen functional groups attached to an aromatic ring is 1. The van der Waals surface area contributed by atoms with E-state index < -0.39 is 17.6 Å². The largest absolute Gasteiger partial charge is 0.396 e. The number of piperidine rings is 1. The Balaban J connectivity index is 0.00000166. The van der Waals surface area contributed by atoms with E-state index in [1.165, 1.54) is 6.07 Å². The number of hydrogen-bond donors (Lipinski definition) is 4. The van der Waals surface area contributed by atoms with E-state index in [1.54, 1.807) is 12.1 Å². The van der Waals surface area contributed by atoms with Crippen molar-refractivity contribution in [2.75, 3.05) is 30.7 Å². The molecule has 5 N–H and O–H groups in total. The first-order chi connectivity index (χ1) is 14.8. The van der Waals surface area contributed by atoms with Gasteiger partial charge in [-0.15, -0.1) is 12.8 Å². The van der Waals surface area contributed by atoms with Gasteiger partial charge in [0.1, 0.15) is 11.6 Å². The van der Waals surface area contributed by atoms with Gasteiger partial charge in [-0.05, 0) is 48.6 Å². The molecule has 1 atom stereocenters. The van der Waals surface area contributed by atoms with Crippen LogP contribution in [0.5, 0.6) is 0 Å². The van der Waals surface area contributed by atoms with E-state index >= 15 is 0 Å². The van der Waals surface area contributed by atoms with E-state index in [-0.39, 0.29) is 33.9 Å². The number of thiol groups is 1. The van der Waals surface area contributed by atoms with E-state index in [0.717, 1.165) is 25.0 Å². The van der Waals surface area contributed by atoms with Gasteiger partial charge in [0.2, 0.25) is 5.91 Å². The van der Waals surface area contributed by atoms with Gasteiger partial charge in [0, 0.05) is 25.7 Å². The fourth-order valence-electron chi connectivity index (χ4n) is 3.45. The topological polar surface area (TPSA) is 84.4 Å². The molecule has 5 nitrogen and oxygen atoms in total. The molecule has 31 heavy (non-hydrogen) atoms. The molecule has 0 saturated carbocycles. The van der Waals surface area contributed by atoms with Crippen molar-refractivity contribution in [3.8, 4) is 0 Å². The first-order valence-electron chi connectivity index (χ1n) is 9.74. The molecule has 0 aliphatic carbocycles. The van der Waals surface area contributed by atoms with Gasteiger partial charge in [-0.3, -0.25) is 9.93 Å². The summed E-state index contributed by atoms with van der Waals surface area (Å²) < 4.78 is 27.2. The maximum Gasteiger partial charge on any atom is 0.231 e. The zero-order valence-electron chi connectivity index (χ0n) is 17.0. The van der Waals surface area contributed by atoms with Crippen LogP contribution in [0, 0.1) is 17.6 Å². The van der Waals surface area contributed by atoms with Gasteiger partial charge >= 0.3 is 0 Å². The van der Waals surface area contributed by atoms with Crippen molar-refractivity contribution in [2.45, 2.75) is 25.7 Å². The molecule has 1 unspecified atom stereocenters. The number of rotatable bonds is 5. The molecule has 0 radical (unpaired) electrons. The standard InChI is InChI=1S/C21H23Cl2F2N3O.H3NS/c1-12-4-6-28(7-5-12)21(29)15(13-8-16(22)20(26)17(23)9-13)11-27-19-3-2-14(24)10-18(19)25;1-2/h2-3,8-10,12,15,27H,4-7,11,26H2,1H3;2H,1H2. The van der Waals surface area contributed by atoms with Crippen LogP contribution in [0.15, 0.2) is 30.3 Å². The second-order valence-corrected chi connectivity index (χ2v) is 8.28. The van der Waals surface area contributed by atoms with Crippen molar-refractivity contribution in [2.24, 2.45) is 11.1 Å². The van der Waals surface area contributed by atoms with Crippen LogP contribution in [-0.4, -0.2) is 30.4 Å². The van der Waals surface area contributed by atoms with Gasteiger partial charge in [-0.25, -0.2) is 8.78 Å². The van der Waals surface area contributed by atoms with Crippen molar-refractivity contribution >= 4 is 53.3 Å². The van der Waals surface area contributed by atoms with Crippen LogP contribution in [0.25, 0.3) is 0 Å². The third kappa shape index (κ3) is 6.62. The van der Waals surface area contributed by atoms with Crippen LogP contribution in [0.1, 0.15) is 31.2 Å². The van der Waals surface area contributed by atoms with Crippen LogP contribution in [-0.2, 0) is 4.79 Å². The Morgan fingerprint density at radius 2 is 1.77 bits per heavy atom. The number of nitrogens with zero attached hydrogens (tertiary/aromatic N) is 1. The minimum atomic E-state index is -0.726. The fraction of sp³-hybridized carbons (Fsp3) is 0.381. The molecule has 1 heterocycles. The monoisotopic (exact) mass is 490 g/mol. The number of amides is 1. The maximum atomic E-state index is 14.0. The highest BCUT2D eigenvalue weighted by Gasteiger charge is 2.29. The van der Waals surface area contributed by atoms with Crippen molar-refractivity contribution in [3.05, 3.63) is 57.6 Å². The molecule has 0 aromatic heterocycles. The molecule has 170 valence electrons. The summed E-state index contributed by atoms with van der Waals surface area (Å²) in [6.45, 7) is 3.59. The number of carbonyl (C=O) groups excluding carboxylic acids is 1. The van der Waals surface area contributed by atoms with Gasteiger partial charge in [0.15, 0.2) is 0 Å². The zero-order chi connectivity index (χ0) is 23.1. The van der Waals surface area contributed by atoms with E-state index in [2.05, 4.69) is 30.2 Å². The van der Waals surface area contributed by atoms with Gasteiger partial charge in [-0.1, -0.05) is 30.1 Å². The van der Waals surface area contributed by atoms with Gasteiger partial charge in [-0.2, -0.15) is 0 Å². The van der Waals surface area contributed by atoms with Crippen LogP contribution < -0.4 is 16.2 Å². The van der Waals surface area contributed by atoms with Crippen LogP contribution >= 0.6 is 36.0 Å². The SMILES string of the molecule is CC1CCN(C(=O)C(CNc2ccc(F)cc2F)c2cc(Cl)c(N)c(Cl)c2)CC1.NS. The first-order valence-corrected chi connectivity index (χ1v) is 11.0. The summed E-state index contributed by atoms with van der Waals surface area (Å²) in [7, 11) is 0. The summed E-state index contributed by atoms with van der Waals surface area (Å²) in [5, 5.41) is 7.62. The Morgan fingerprint density at radius 3 is 2.32 bits per heavy atom. The summed E-state index contributed by atoms with van der Waals surface area (Å²) >= 11 is 15.4.